The Morgan fingerprint density at radius 1 is 1.33 bits per heavy atom. The van der Waals surface area contributed by atoms with Gasteiger partial charge in [-0.2, -0.15) is 0 Å². The highest BCUT2D eigenvalue weighted by Gasteiger charge is 2.23. The van der Waals surface area contributed by atoms with Crippen molar-refractivity contribution in [2.24, 2.45) is 5.92 Å². The van der Waals surface area contributed by atoms with E-state index >= 15 is 0 Å². The average molecular weight is 206 g/mol. The van der Waals surface area contributed by atoms with Crippen LogP contribution in [0.15, 0.2) is 30.3 Å². The molecule has 80 valence electrons. The zero-order chi connectivity index (χ0) is 10.5. The van der Waals surface area contributed by atoms with E-state index in [9.17, 15) is 4.79 Å². The summed E-state index contributed by atoms with van der Waals surface area (Å²) < 4.78 is 10.4. The highest BCUT2D eigenvalue weighted by Crippen LogP contribution is 2.14. The summed E-state index contributed by atoms with van der Waals surface area (Å²) in [6.07, 6.45) is 0.495. The van der Waals surface area contributed by atoms with Crippen LogP contribution in [0, 0.1) is 5.92 Å². The highest BCUT2D eigenvalue weighted by atomic mass is 16.5. The number of hydrogen-bond acceptors (Lipinski definition) is 3. The van der Waals surface area contributed by atoms with Gasteiger partial charge in [0.25, 0.3) is 0 Å². The molecule has 0 bridgehead atoms. The van der Waals surface area contributed by atoms with E-state index in [0.717, 1.165) is 5.56 Å². The Bertz CT molecular complexity index is 321. The molecule has 0 amide bonds. The maximum Gasteiger partial charge on any atom is 0.306 e. The molecule has 3 heteroatoms. The van der Waals surface area contributed by atoms with Crippen molar-refractivity contribution in [2.45, 2.75) is 13.0 Å². The van der Waals surface area contributed by atoms with Crippen molar-refractivity contribution in [2.75, 3.05) is 13.2 Å². The minimum atomic E-state index is -0.108. The molecule has 1 aliphatic heterocycles. The van der Waals surface area contributed by atoms with Gasteiger partial charge in [-0.15, -0.1) is 0 Å². The Balaban J connectivity index is 1.69. The lowest BCUT2D eigenvalue weighted by Gasteiger charge is -2.07. The van der Waals surface area contributed by atoms with Gasteiger partial charge in [0.05, 0.1) is 26.2 Å². The van der Waals surface area contributed by atoms with Crippen LogP contribution in [0.2, 0.25) is 0 Å². The number of rotatable bonds is 4. The Hall–Kier alpha value is -1.35. The van der Waals surface area contributed by atoms with Crippen LogP contribution in [-0.4, -0.2) is 19.2 Å². The normalized spacial score (nSPS) is 20.3. The monoisotopic (exact) mass is 206 g/mol. The fourth-order valence-corrected chi connectivity index (χ4v) is 1.59. The number of carbonyl (C=O) groups excluding carboxylic acids is 1. The topological polar surface area (TPSA) is 35.5 Å². The second-order valence-corrected chi connectivity index (χ2v) is 3.75. The Morgan fingerprint density at radius 3 is 2.80 bits per heavy atom. The third-order valence-corrected chi connectivity index (χ3v) is 2.40. The van der Waals surface area contributed by atoms with E-state index in [0.29, 0.717) is 26.2 Å². The van der Waals surface area contributed by atoms with Crippen LogP contribution < -0.4 is 0 Å². The van der Waals surface area contributed by atoms with Crippen LogP contribution in [0.4, 0.5) is 0 Å². The van der Waals surface area contributed by atoms with Crippen LogP contribution in [0.25, 0.3) is 0 Å². The molecule has 1 aromatic rings. The fraction of sp³-hybridized carbons (Fsp3) is 0.417. The van der Waals surface area contributed by atoms with Crippen LogP contribution >= 0.6 is 0 Å². The maximum atomic E-state index is 10.8. The number of carbonyl (C=O) groups is 1. The smallest absolute Gasteiger partial charge is 0.306 e. The van der Waals surface area contributed by atoms with E-state index in [4.69, 9.17) is 9.47 Å². The molecule has 1 aliphatic rings. The molecule has 1 aromatic carbocycles. The first-order valence-corrected chi connectivity index (χ1v) is 5.12. The van der Waals surface area contributed by atoms with Crippen molar-refractivity contribution in [3.63, 3.8) is 0 Å². The lowest BCUT2D eigenvalue weighted by Crippen LogP contribution is -2.09. The van der Waals surface area contributed by atoms with Gasteiger partial charge in [0, 0.05) is 5.92 Å². The number of ether oxygens (including phenoxy) is 2. The maximum absolute atomic E-state index is 10.8. The quantitative estimate of drug-likeness (QED) is 0.704. The predicted octanol–water partition coefficient (Wildman–Crippen LogP) is 1.77. The Labute approximate surface area is 89.0 Å². The summed E-state index contributed by atoms with van der Waals surface area (Å²) >= 11 is 0. The molecule has 3 nitrogen and oxygen atoms in total. The van der Waals surface area contributed by atoms with E-state index in [1.165, 1.54) is 0 Å². The minimum absolute atomic E-state index is 0.108. The molecule has 1 atom stereocenters. The summed E-state index contributed by atoms with van der Waals surface area (Å²) in [6, 6.07) is 10.0. The number of esters is 1. The van der Waals surface area contributed by atoms with Crippen molar-refractivity contribution in [1.82, 2.24) is 0 Å². The molecule has 1 fully saturated rings. The summed E-state index contributed by atoms with van der Waals surface area (Å²) in [6.45, 7) is 1.71. The molecule has 1 heterocycles. The first-order chi connectivity index (χ1) is 7.34. The molecule has 0 radical (unpaired) electrons. The summed E-state index contributed by atoms with van der Waals surface area (Å²) in [4.78, 5) is 10.8. The molecule has 1 saturated heterocycles. The second-order valence-electron chi connectivity index (χ2n) is 3.75. The van der Waals surface area contributed by atoms with Gasteiger partial charge in [-0.05, 0) is 5.56 Å². The summed E-state index contributed by atoms with van der Waals surface area (Å²) in [5.74, 6) is 0.129. The highest BCUT2D eigenvalue weighted by molar-refractivity contribution is 5.71. The van der Waals surface area contributed by atoms with Gasteiger partial charge in [-0.3, -0.25) is 4.79 Å². The predicted molar refractivity (Wildman–Crippen MR) is 55.2 cm³/mol. The van der Waals surface area contributed by atoms with Gasteiger partial charge in [-0.25, -0.2) is 0 Å². The van der Waals surface area contributed by atoms with Gasteiger partial charge in [0.2, 0.25) is 0 Å². The van der Waals surface area contributed by atoms with Crippen molar-refractivity contribution in [3.8, 4) is 0 Å². The van der Waals surface area contributed by atoms with Crippen LogP contribution in [-0.2, 0) is 20.9 Å². The molecule has 0 aromatic heterocycles. The van der Waals surface area contributed by atoms with Crippen molar-refractivity contribution in [3.05, 3.63) is 35.9 Å². The van der Waals surface area contributed by atoms with E-state index < -0.39 is 0 Å². The van der Waals surface area contributed by atoms with Gasteiger partial charge in [0.1, 0.15) is 0 Å². The SMILES string of the molecule is O=C1CC(COCc2ccccc2)CO1. The van der Waals surface area contributed by atoms with Crippen LogP contribution in [0.1, 0.15) is 12.0 Å². The first-order valence-electron chi connectivity index (χ1n) is 5.12. The molecule has 1 unspecified atom stereocenters. The van der Waals surface area contributed by atoms with E-state index in [1.54, 1.807) is 0 Å². The largest absolute Gasteiger partial charge is 0.465 e. The molecule has 15 heavy (non-hydrogen) atoms. The lowest BCUT2D eigenvalue weighted by atomic mass is 10.1. The standard InChI is InChI=1S/C12H14O3/c13-12-6-11(9-15-12)8-14-7-10-4-2-1-3-5-10/h1-5,11H,6-9H2. The number of hydrogen-bond donors (Lipinski definition) is 0. The summed E-state index contributed by atoms with van der Waals surface area (Å²) in [7, 11) is 0. The van der Waals surface area contributed by atoms with Crippen molar-refractivity contribution in [1.29, 1.82) is 0 Å². The summed E-state index contributed by atoms with van der Waals surface area (Å²) in [5.41, 5.74) is 1.16. The van der Waals surface area contributed by atoms with Crippen molar-refractivity contribution >= 4 is 5.97 Å². The zero-order valence-electron chi connectivity index (χ0n) is 8.52. The number of cyclic esters (lactones) is 1. The van der Waals surface area contributed by atoms with Crippen molar-refractivity contribution < 1.29 is 14.3 Å². The molecule has 2 rings (SSSR count). The van der Waals surface area contributed by atoms with Crippen LogP contribution in [0.5, 0.6) is 0 Å². The van der Waals surface area contributed by atoms with Gasteiger partial charge in [0.15, 0.2) is 0 Å². The minimum Gasteiger partial charge on any atom is -0.465 e. The lowest BCUT2D eigenvalue weighted by molar-refractivity contribution is -0.137. The summed E-state index contributed by atoms with van der Waals surface area (Å²) in [5, 5.41) is 0. The Kier molecular flexibility index (Phi) is 3.35. The molecule has 0 N–H and O–H groups in total. The molecular formula is C12H14O3. The van der Waals surface area contributed by atoms with E-state index in [1.807, 2.05) is 30.3 Å². The average Bonchev–Trinajstić information content (AvgIpc) is 2.66. The fourth-order valence-electron chi connectivity index (χ4n) is 1.59. The zero-order valence-corrected chi connectivity index (χ0v) is 8.52. The molecular weight excluding hydrogens is 192 g/mol. The molecule has 0 spiro atoms. The second kappa shape index (κ2) is 4.94. The van der Waals surface area contributed by atoms with E-state index in [2.05, 4.69) is 0 Å². The van der Waals surface area contributed by atoms with Gasteiger partial charge >= 0.3 is 5.97 Å². The van der Waals surface area contributed by atoms with Crippen LogP contribution in [0.3, 0.4) is 0 Å². The Morgan fingerprint density at radius 2 is 2.13 bits per heavy atom. The third kappa shape index (κ3) is 3.06. The first kappa shape index (κ1) is 10.2. The molecule has 0 saturated carbocycles. The third-order valence-electron chi connectivity index (χ3n) is 2.40. The van der Waals surface area contributed by atoms with Gasteiger partial charge < -0.3 is 9.47 Å². The molecule has 0 aliphatic carbocycles. The number of benzene rings is 1. The van der Waals surface area contributed by atoms with E-state index in [-0.39, 0.29) is 11.9 Å². The van der Waals surface area contributed by atoms with Gasteiger partial charge in [-0.1, -0.05) is 30.3 Å².